The zero-order valence-corrected chi connectivity index (χ0v) is 11.0. The topological polar surface area (TPSA) is 59.4 Å². The molecule has 3 heterocycles. The van der Waals surface area contributed by atoms with Crippen LogP contribution in [0.3, 0.4) is 0 Å². The second-order valence-electron chi connectivity index (χ2n) is 4.91. The summed E-state index contributed by atoms with van der Waals surface area (Å²) in [5.74, 6) is 0. The third-order valence-electron chi connectivity index (χ3n) is 3.58. The van der Waals surface area contributed by atoms with Gasteiger partial charge in [-0.15, -0.1) is 0 Å². The van der Waals surface area contributed by atoms with Gasteiger partial charge in [0, 0.05) is 25.1 Å². The van der Waals surface area contributed by atoms with E-state index in [1.165, 1.54) is 5.56 Å². The highest BCUT2D eigenvalue weighted by Crippen LogP contribution is 2.19. The minimum atomic E-state index is 0.790. The lowest BCUT2D eigenvalue weighted by Gasteiger charge is -2.01. The van der Waals surface area contributed by atoms with Gasteiger partial charge in [0.2, 0.25) is 0 Å². The van der Waals surface area contributed by atoms with E-state index < -0.39 is 0 Å². The molecule has 20 heavy (non-hydrogen) atoms. The van der Waals surface area contributed by atoms with Crippen molar-refractivity contribution < 1.29 is 0 Å². The molecule has 0 aliphatic heterocycles. The molecular weight excluding hydrogens is 250 g/mol. The van der Waals surface area contributed by atoms with Crippen molar-refractivity contribution in [2.45, 2.75) is 6.42 Å². The Labute approximate surface area is 115 Å². The standard InChI is InChI=1S/C15H13N5/c1-20-14-5-4-10(7-11(14)9-17-20)8-13-15-12(18-19-13)3-2-6-16-15/h2-7,9H,8H2,1H3,(H,18,19). The first kappa shape index (κ1) is 11.2. The number of aryl methyl sites for hydroxylation is 1. The average molecular weight is 263 g/mol. The number of nitrogens with one attached hydrogen (secondary N) is 1. The Kier molecular flexibility index (Phi) is 2.32. The normalized spacial score (nSPS) is 11.4. The van der Waals surface area contributed by atoms with Crippen LogP contribution in [0.4, 0.5) is 0 Å². The number of hydrogen-bond acceptors (Lipinski definition) is 3. The predicted octanol–water partition coefficient (Wildman–Crippen LogP) is 2.44. The Bertz CT molecular complexity index is 903. The van der Waals surface area contributed by atoms with Gasteiger partial charge in [-0.05, 0) is 29.8 Å². The number of H-pyrrole nitrogens is 1. The third kappa shape index (κ3) is 1.67. The number of aromatic amines is 1. The molecule has 98 valence electrons. The van der Waals surface area contributed by atoms with Gasteiger partial charge in [-0.3, -0.25) is 14.8 Å². The molecule has 5 heteroatoms. The van der Waals surface area contributed by atoms with Crippen LogP contribution < -0.4 is 0 Å². The van der Waals surface area contributed by atoms with E-state index in [0.717, 1.165) is 34.1 Å². The maximum absolute atomic E-state index is 4.39. The van der Waals surface area contributed by atoms with Crippen LogP contribution in [-0.4, -0.2) is 25.0 Å². The van der Waals surface area contributed by atoms with Crippen LogP contribution in [-0.2, 0) is 13.5 Å². The lowest BCUT2D eigenvalue weighted by atomic mass is 10.1. The fourth-order valence-corrected chi connectivity index (χ4v) is 2.55. The van der Waals surface area contributed by atoms with Crippen LogP contribution in [0.5, 0.6) is 0 Å². The largest absolute Gasteiger partial charge is 0.279 e. The molecule has 0 fully saturated rings. The molecule has 4 aromatic rings. The Morgan fingerprint density at radius 2 is 2.20 bits per heavy atom. The number of hydrogen-bond donors (Lipinski definition) is 1. The summed E-state index contributed by atoms with van der Waals surface area (Å²) >= 11 is 0. The summed E-state index contributed by atoms with van der Waals surface area (Å²) in [7, 11) is 1.95. The van der Waals surface area contributed by atoms with Gasteiger partial charge >= 0.3 is 0 Å². The molecular formula is C15H13N5. The van der Waals surface area contributed by atoms with E-state index >= 15 is 0 Å². The van der Waals surface area contributed by atoms with Gasteiger partial charge in [-0.25, -0.2) is 0 Å². The summed E-state index contributed by atoms with van der Waals surface area (Å²) in [6.45, 7) is 0. The molecule has 0 unspecified atom stereocenters. The minimum Gasteiger partial charge on any atom is -0.279 e. The summed E-state index contributed by atoms with van der Waals surface area (Å²) in [6, 6.07) is 10.3. The molecule has 0 bridgehead atoms. The van der Waals surface area contributed by atoms with Crippen molar-refractivity contribution >= 4 is 21.9 Å². The van der Waals surface area contributed by atoms with Crippen molar-refractivity contribution in [2.75, 3.05) is 0 Å². The van der Waals surface area contributed by atoms with E-state index in [1.54, 1.807) is 6.20 Å². The Morgan fingerprint density at radius 3 is 3.15 bits per heavy atom. The summed E-state index contributed by atoms with van der Waals surface area (Å²) in [6.07, 6.45) is 4.48. The van der Waals surface area contributed by atoms with E-state index in [4.69, 9.17) is 0 Å². The molecule has 0 aliphatic carbocycles. The smallest absolute Gasteiger partial charge is 0.112 e. The first-order valence-corrected chi connectivity index (χ1v) is 6.50. The van der Waals surface area contributed by atoms with Crippen molar-refractivity contribution in [3.63, 3.8) is 0 Å². The monoisotopic (exact) mass is 263 g/mol. The molecule has 4 rings (SSSR count). The number of nitrogens with zero attached hydrogens (tertiary/aromatic N) is 4. The number of benzene rings is 1. The van der Waals surface area contributed by atoms with Crippen LogP contribution >= 0.6 is 0 Å². The second-order valence-corrected chi connectivity index (χ2v) is 4.91. The zero-order valence-electron chi connectivity index (χ0n) is 11.0. The molecule has 0 radical (unpaired) electrons. The van der Waals surface area contributed by atoms with Gasteiger partial charge < -0.3 is 0 Å². The number of aromatic nitrogens is 5. The first-order chi connectivity index (χ1) is 9.81. The highest BCUT2D eigenvalue weighted by molar-refractivity contribution is 5.80. The van der Waals surface area contributed by atoms with E-state index in [2.05, 4.69) is 38.5 Å². The van der Waals surface area contributed by atoms with Gasteiger partial charge in [-0.2, -0.15) is 10.2 Å². The fourth-order valence-electron chi connectivity index (χ4n) is 2.55. The number of fused-ring (bicyclic) bond motifs is 2. The zero-order chi connectivity index (χ0) is 13.5. The van der Waals surface area contributed by atoms with E-state index in [1.807, 2.05) is 30.1 Å². The molecule has 0 amide bonds. The van der Waals surface area contributed by atoms with E-state index in [-0.39, 0.29) is 0 Å². The van der Waals surface area contributed by atoms with Gasteiger partial charge in [0.05, 0.1) is 17.4 Å². The van der Waals surface area contributed by atoms with Crippen LogP contribution in [0.25, 0.3) is 21.9 Å². The van der Waals surface area contributed by atoms with Crippen molar-refractivity contribution in [3.8, 4) is 0 Å². The number of rotatable bonds is 2. The Morgan fingerprint density at radius 1 is 1.25 bits per heavy atom. The van der Waals surface area contributed by atoms with Crippen molar-refractivity contribution in [2.24, 2.45) is 7.05 Å². The van der Waals surface area contributed by atoms with Crippen molar-refractivity contribution in [1.82, 2.24) is 25.0 Å². The summed E-state index contributed by atoms with van der Waals surface area (Å²) in [4.78, 5) is 4.39. The molecule has 1 aromatic carbocycles. The second kappa shape index (κ2) is 4.16. The molecule has 5 nitrogen and oxygen atoms in total. The van der Waals surface area contributed by atoms with Crippen LogP contribution in [0.2, 0.25) is 0 Å². The van der Waals surface area contributed by atoms with E-state index in [0.29, 0.717) is 0 Å². The summed E-state index contributed by atoms with van der Waals surface area (Å²) < 4.78 is 1.88. The fraction of sp³-hybridized carbons (Fsp3) is 0.133. The Hall–Kier alpha value is -2.69. The first-order valence-electron chi connectivity index (χ1n) is 6.50. The van der Waals surface area contributed by atoms with E-state index in [9.17, 15) is 0 Å². The molecule has 0 saturated carbocycles. The molecule has 0 saturated heterocycles. The summed E-state index contributed by atoms with van der Waals surface area (Å²) in [5.41, 5.74) is 5.26. The SMILES string of the molecule is Cn1ncc2cc(Cc3[nH]nc4cccnc34)ccc21. The van der Waals surface area contributed by atoms with Crippen LogP contribution in [0.1, 0.15) is 11.3 Å². The van der Waals surface area contributed by atoms with Gasteiger partial charge in [-0.1, -0.05) is 6.07 Å². The number of pyridine rings is 1. The molecule has 0 atom stereocenters. The highest BCUT2D eigenvalue weighted by atomic mass is 15.2. The predicted molar refractivity (Wildman–Crippen MR) is 77.4 cm³/mol. The third-order valence-corrected chi connectivity index (χ3v) is 3.58. The quantitative estimate of drug-likeness (QED) is 0.604. The summed E-state index contributed by atoms with van der Waals surface area (Å²) in [5, 5.41) is 12.8. The van der Waals surface area contributed by atoms with Gasteiger partial charge in [0.15, 0.2) is 0 Å². The average Bonchev–Trinajstić information content (AvgIpc) is 3.04. The van der Waals surface area contributed by atoms with Crippen LogP contribution in [0, 0.1) is 0 Å². The van der Waals surface area contributed by atoms with Crippen molar-refractivity contribution in [3.05, 3.63) is 54.0 Å². The molecule has 0 spiro atoms. The Balaban J connectivity index is 1.76. The minimum absolute atomic E-state index is 0.790. The lowest BCUT2D eigenvalue weighted by molar-refractivity contribution is 0.797. The van der Waals surface area contributed by atoms with Gasteiger partial charge in [0.1, 0.15) is 11.0 Å². The van der Waals surface area contributed by atoms with Gasteiger partial charge in [0.25, 0.3) is 0 Å². The molecule has 0 aliphatic rings. The molecule has 1 N–H and O–H groups in total. The maximum Gasteiger partial charge on any atom is 0.112 e. The maximum atomic E-state index is 4.39. The van der Waals surface area contributed by atoms with Crippen LogP contribution in [0.15, 0.2) is 42.7 Å². The lowest BCUT2D eigenvalue weighted by Crippen LogP contribution is -1.92. The van der Waals surface area contributed by atoms with Crippen molar-refractivity contribution in [1.29, 1.82) is 0 Å². The molecule has 3 aromatic heterocycles. The highest BCUT2D eigenvalue weighted by Gasteiger charge is 2.08.